The number of nitrogens with one attached hydrogen (secondary N) is 2. The Morgan fingerprint density at radius 1 is 1.33 bits per heavy atom. The molecule has 0 aliphatic heterocycles. The summed E-state index contributed by atoms with van der Waals surface area (Å²) in [6.45, 7) is 0. The zero-order valence-electron chi connectivity index (χ0n) is 13.0. The van der Waals surface area contributed by atoms with Crippen LogP contribution < -0.4 is 10.9 Å². The summed E-state index contributed by atoms with van der Waals surface area (Å²) in [4.78, 5) is 29.6. The molecule has 0 fully saturated rings. The Kier molecular flexibility index (Phi) is 5.75. The van der Waals surface area contributed by atoms with E-state index >= 15 is 0 Å². The average molecular weight is 368 g/mol. The van der Waals surface area contributed by atoms with Gasteiger partial charge < -0.3 is 10.3 Å². The summed E-state index contributed by atoms with van der Waals surface area (Å²) in [5, 5.41) is 2.95. The number of aromatic nitrogens is 2. The van der Waals surface area contributed by atoms with Crippen LogP contribution in [0.2, 0.25) is 0 Å². The van der Waals surface area contributed by atoms with Crippen LogP contribution in [-0.4, -0.2) is 48.4 Å². The Bertz CT molecular complexity index is 893. The summed E-state index contributed by atoms with van der Waals surface area (Å²) in [6, 6.07) is 7.27. The number of anilines is 1. The van der Waals surface area contributed by atoms with Crippen molar-refractivity contribution in [2.45, 2.75) is 10.1 Å². The highest BCUT2D eigenvalue weighted by Crippen LogP contribution is 2.18. The van der Waals surface area contributed by atoms with Crippen LogP contribution in [0.15, 0.2) is 51.4 Å². The Balaban J connectivity index is 2.03. The van der Waals surface area contributed by atoms with Gasteiger partial charge in [0.05, 0.1) is 10.6 Å². The van der Waals surface area contributed by atoms with Gasteiger partial charge in [0.2, 0.25) is 15.9 Å². The predicted molar refractivity (Wildman–Crippen MR) is 91.5 cm³/mol. The van der Waals surface area contributed by atoms with Gasteiger partial charge in [-0.25, -0.2) is 17.7 Å². The maximum absolute atomic E-state index is 12.1. The highest BCUT2D eigenvalue weighted by Gasteiger charge is 2.17. The SMILES string of the molecule is CN(C)S(=O)(=O)c1cccc(NC(=O)CSc2nccc(=O)[nH]2)c1. The molecule has 10 heteroatoms. The number of rotatable bonds is 6. The normalized spacial score (nSPS) is 11.5. The van der Waals surface area contributed by atoms with Gasteiger partial charge in [-0.3, -0.25) is 9.59 Å². The first kappa shape index (κ1) is 18.2. The summed E-state index contributed by atoms with van der Waals surface area (Å²) < 4.78 is 25.3. The van der Waals surface area contributed by atoms with Gasteiger partial charge in [-0.2, -0.15) is 0 Å². The average Bonchev–Trinajstić information content (AvgIpc) is 2.53. The van der Waals surface area contributed by atoms with Crippen LogP contribution in [0, 0.1) is 0 Å². The smallest absolute Gasteiger partial charge is 0.251 e. The van der Waals surface area contributed by atoms with Crippen molar-refractivity contribution in [3.8, 4) is 0 Å². The number of hydrogen-bond acceptors (Lipinski definition) is 6. The summed E-state index contributed by atoms with van der Waals surface area (Å²) >= 11 is 1.07. The fourth-order valence-electron chi connectivity index (χ4n) is 1.70. The maximum atomic E-state index is 12.1. The van der Waals surface area contributed by atoms with Crippen molar-refractivity contribution in [3.05, 3.63) is 46.9 Å². The number of aromatic amines is 1. The van der Waals surface area contributed by atoms with Gasteiger partial charge in [0.15, 0.2) is 5.16 Å². The van der Waals surface area contributed by atoms with E-state index in [2.05, 4.69) is 15.3 Å². The number of amides is 1. The van der Waals surface area contributed by atoms with E-state index in [-0.39, 0.29) is 22.1 Å². The van der Waals surface area contributed by atoms with Crippen LogP contribution in [0.5, 0.6) is 0 Å². The number of carbonyl (C=O) groups excluding carboxylic acids is 1. The second-order valence-corrected chi connectivity index (χ2v) is 8.01. The largest absolute Gasteiger partial charge is 0.325 e. The number of hydrogen-bond donors (Lipinski definition) is 2. The number of H-pyrrole nitrogens is 1. The van der Waals surface area contributed by atoms with E-state index < -0.39 is 10.0 Å². The number of sulfonamides is 1. The lowest BCUT2D eigenvalue weighted by atomic mass is 10.3. The summed E-state index contributed by atoms with van der Waals surface area (Å²) in [5.74, 6) is -0.316. The molecule has 1 amide bonds. The van der Waals surface area contributed by atoms with Crippen molar-refractivity contribution in [1.29, 1.82) is 0 Å². The first-order chi connectivity index (χ1) is 11.3. The fourth-order valence-corrected chi connectivity index (χ4v) is 3.30. The fraction of sp³-hybridized carbons (Fsp3) is 0.214. The van der Waals surface area contributed by atoms with E-state index in [9.17, 15) is 18.0 Å². The molecule has 2 rings (SSSR count). The molecule has 0 aliphatic carbocycles. The van der Waals surface area contributed by atoms with Crippen molar-refractivity contribution >= 4 is 33.4 Å². The molecular formula is C14H16N4O4S2. The predicted octanol–water partition coefficient (Wildman–Crippen LogP) is 0.751. The van der Waals surface area contributed by atoms with Crippen LogP contribution in [0.1, 0.15) is 0 Å². The van der Waals surface area contributed by atoms with Gasteiger partial charge >= 0.3 is 0 Å². The molecule has 2 aromatic rings. The first-order valence-corrected chi connectivity index (χ1v) is 9.22. The minimum Gasteiger partial charge on any atom is -0.325 e. The molecule has 1 aromatic carbocycles. The van der Waals surface area contributed by atoms with Crippen LogP contribution in [0.4, 0.5) is 5.69 Å². The van der Waals surface area contributed by atoms with Gasteiger partial charge in [0.1, 0.15) is 0 Å². The van der Waals surface area contributed by atoms with Gasteiger partial charge in [-0.15, -0.1) is 0 Å². The van der Waals surface area contributed by atoms with E-state index in [1.165, 1.54) is 38.5 Å². The Hall–Kier alpha value is -2.17. The van der Waals surface area contributed by atoms with Crippen LogP contribution in [0.25, 0.3) is 0 Å². The van der Waals surface area contributed by atoms with Gasteiger partial charge in [-0.1, -0.05) is 17.8 Å². The molecule has 0 spiro atoms. The summed E-state index contributed by atoms with van der Waals surface area (Å²) in [5.41, 5.74) is 0.0764. The van der Waals surface area contributed by atoms with Crippen LogP contribution in [-0.2, 0) is 14.8 Å². The molecule has 1 heterocycles. The molecule has 0 bridgehead atoms. The minimum atomic E-state index is -3.57. The lowest BCUT2D eigenvalue weighted by Gasteiger charge is -2.12. The lowest BCUT2D eigenvalue weighted by molar-refractivity contribution is -0.113. The molecule has 0 radical (unpaired) electrons. The van der Waals surface area contributed by atoms with Gasteiger partial charge in [0.25, 0.3) is 5.56 Å². The van der Waals surface area contributed by atoms with Crippen molar-refractivity contribution in [2.24, 2.45) is 0 Å². The van der Waals surface area contributed by atoms with E-state index in [0.717, 1.165) is 16.1 Å². The van der Waals surface area contributed by atoms with Gasteiger partial charge in [0, 0.05) is 32.0 Å². The Labute approximate surface area is 143 Å². The lowest BCUT2D eigenvalue weighted by Crippen LogP contribution is -2.22. The summed E-state index contributed by atoms with van der Waals surface area (Å²) in [6.07, 6.45) is 1.36. The van der Waals surface area contributed by atoms with Gasteiger partial charge in [-0.05, 0) is 18.2 Å². The van der Waals surface area contributed by atoms with Crippen molar-refractivity contribution in [2.75, 3.05) is 25.2 Å². The van der Waals surface area contributed by atoms with E-state index in [0.29, 0.717) is 10.8 Å². The molecule has 2 N–H and O–H groups in total. The molecule has 128 valence electrons. The molecular weight excluding hydrogens is 352 g/mol. The number of nitrogens with zero attached hydrogens (tertiary/aromatic N) is 2. The second-order valence-electron chi connectivity index (χ2n) is 4.89. The van der Waals surface area contributed by atoms with Crippen molar-refractivity contribution < 1.29 is 13.2 Å². The zero-order valence-corrected chi connectivity index (χ0v) is 14.6. The number of carbonyl (C=O) groups is 1. The standard InChI is InChI=1S/C14H16N4O4S2/c1-18(2)24(21,22)11-5-3-4-10(8-11)16-13(20)9-23-14-15-7-6-12(19)17-14/h3-8H,9H2,1-2H3,(H,16,20)(H,15,17,19). The molecule has 0 aliphatic rings. The van der Waals surface area contributed by atoms with Crippen molar-refractivity contribution in [3.63, 3.8) is 0 Å². The van der Waals surface area contributed by atoms with E-state index in [4.69, 9.17) is 0 Å². The van der Waals surface area contributed by atoms with E-state index in [1.807, 2.05) is 0 Å². The maximum Gasteiger partial charge on any atom is 0.251 e. The third-order valence-corrected chi connectivity index (χ3v) is 5.58. The molecule has 0 unspecified atom stereocenters. The quantitative estimate of drug-likeness (QED) is 0.575. The molecule has 0 saturated heterocycles. The highest BCUT2D eigenvalue weighted by molar-refractivity contribution is 7.99. The van der Waals surface area contributed by atoms with E-state index in [1.54, 1.807) is 12.1 Å². The highest BCUT2D eigenvalue weighted by atomic mass is 32.2. The first-order valence-electron chi connectivity index (χ1n) is 6.79. The van der Waals surface area contributed by atoms with Crippen LogP contribution >= 0.6 is 11.8 Å². The number of benzene rings is 1. The molecule has 0 atom stereocenters. The minimum absolute atomic E-state index is 0.0254. The molecule has 1 aromatic heterocycles. The summed E-state index contributed by atoms with van der Waals surface area (Å²) in [7, 11) is -0.697. The Morgan fingerprint density at radius 2 is 2.08 bits per heavy atom. The Morgan fingerprint density at radius 3 is 2.75 bits per heavy atom. The monoisotopic (exact) mass is 368 g/mol. The topological polar surface area (TPSA) is 112 Å². The second kappa shape index (κ2) is 7.60. The third-order valence-electron chi connectivity index (χ3n) is 2.88. The third kappa shape index (κ3) is 4.66. The van der Waals surface area contributed by atoms with Crippen LogP contribution in [0.3, 0.4) is 0 Å². The zero-order chi connectivity index (χ0) is 17.7. The number of thioether (sulfide) groups is 1. The van der Waals surface area contributed by atoms with Crippen molar-refractivity contribution in [1.82, 2.24) is 14.3 Å². The molecule has 8 nitrogen and oxygen atoms in total. The molecule has 24 heavy (non-hydrogen) atoms. The molecule has 0 saturated carbocycles.